The molecule has 210 valence electrons. The Morgan fingerprint density at radius 1 is 0.951 bits per heavy atom. The van der Waals surface area contributed by atoms with E-state index in [1.54, 1.807) is 24.4 Å². The van der Waals surface area contributed by atoms with Crippen molar-refractivity contribution >= 4 is 57.6 Å². The van der Waals surface area contributed by atoms with Crippen molar-refractivity contribution in [3.63, 3.8) is 0 Å². The highest BCUT2D eigenvalue weighted by Gasteiger charge is 2.36. The summed E-state index contributed by atoms with van der Waals surface area (Å²) in [5.74, 6) is -2.74. The SMILES string of the molecule is O=C1CN(CC(=O)C(Cc2c[nH]c3ccccc23)C(=O)NCc2ccc(Cl)c(Cl)c2)C(=O)C(Cc2ccccc2)N1. The molecular formula is C31H28Cl2N4O4. The molecule has 2 heterocycles. The number of nitrogens with one attached hydrogen (secondary N) is 3. The average molecular weight is 591 g/mol. The van der Waals surface area contributed by atoms with Crippen LogP contribution in [-0.4, -0.2) is 52.5 Å². The molecule has 3 aromatic carbocycles. The number of nitrogens with zero attached hydrogens (tertiary/aromatic N) is 1. The van der Waals surface area contributed by atoms with E-state index >= 15 is 0 Å². The number of hydrogen-bond acceptors (Lipinski definition) is 4. The van der Waals surface area contributed by atoms with Gasteiger partial charge in [0.05, 0.1) is 16.6 Å². The topological polar surface area (TPSA) is 111 Å². The summed E-state index contributed by atoms with van der Waals surface area (Å²) >= 11 is 12.1. The predicted molar refractivity (Wildman–Crippen MR) is 157 cm³/mol. The third-order valence-corrected chi connectivity index (χ3v) is 7.90. The van der Waals surface area contributed by atoms with Gasteiger partial charge >= 0.3 is 0 Å². The van der Waals surface area contributed by atoms with E-state index in [1.807, 2.05) is 54.6 Å². The van der Waals surface area contributed by atoms with Crippen LogP contribution in [0.25, 0.3) is 10.9 Å². The number of hydrogen-bond donors (Lipinski definition) is 3. The number of piperazine rings is 1. The summed E-state index contributed by atoms with van der Waals surface area (Å²) in [7, 11) is 0. The van der Waals surface area contributed by atoms with Crippen LogP contribution < -0.4 is 10.6 Å². The van der Waals surface area contributed by atoms with E-state index in [2.05, 4.69) is 15.6 Å². The summed E-state index contributed by atoms with van der Waals surface area (Å²) in [5, 5.41) is 7.22. The Morgan fingerprint density at radius 2 is 1.71 bits per heavy atom. The van der Waals surface area contributed by atoms with Gasteiger partial charge < -0.3 is 20.5 Å². The average Bonchev–Trinajstić information content (AvgIpc) is 3.38. The highest BCUT2D eigenvalue weighted by molar-refractivity contribution is 6.42. The number of amides is 3. The van der Waals surface area contributed by atoms with Gasteiger partial charge in [0, 0.05) is 30.1 Å². The Balaban J connectivity index is 1.34. The van der Waals surface area contributed by atoms with Crippen LogP contribution in [0, 0.1) is 5.92 Å². The second kappa shape index (κ2) is 12.6. The first-order chi connectivity index (χ1) is 19.8. The number of benzene rings is 3. The summed E-state index contributed by atoms with van der Waals surface area (Å²) < 4.78 is 0. The molecule has 0 bridgehead atoms. The van der Waals surface area contributed by atoms with E-state index in [-0.39, 0.29) is 37.9 Å². The molecule has 8 nitrogen and oxygen atoms in total. The van der Waals surface area contributed by atoms with Crippen molar-refractivity contribution in [2.45, 2.75) is 25.4 Å². The van der Waals surface area contributed by atoms with Gasteiger partial charge in [0.1, 0.15) is 18.5 Å². The number of para-hydroxylation sites is 1. The molecule has 0 saturated carbocycles. The highest BCUT2D eigenvalue weighted by Crippen LogP contribution is 2.24. The molecule has 0 spiro atoms. The fourth-order valence-electron chi connectivity index (χ4n) is 5.03. The largest absolute Gasteiger partial charge is 0.361 e. The number of fused-ring (bicyclic) bond motifs is 1. The molecule has 10 heteroatoms. The van der Waals surface area contributed by atoms with Gasteiger partial charge in [-0.05, 0) is 41.3 Å². The zero-order valence-corrected chi connectivity index (χ0v) is 23.5. The van der Waals surface area contributed by atoms with Crippen molar-refractivity contribution in [3.8, 4) is 0 Å². The molecule has 2 atom stereocenters. The highest BCUT2D eigenvalue weighted by atomic mass is 35.5. The molecule has 2 unspecified atom stereocenters. The van der Waals surface area contributed by atoms with Gasteiger partial charge in [0.2, 0.25) is 17.7 Å². The molecule has 0 aliphatic carbocycles. The monoisotopic (exact) mass is 590 g/mol. The number of halogens is 2. The lowest BCUT2D eigenvalue weighted by Crippen LogP contribution is -2.60. The molecule has 5 rings (SSSR count). The second-order valence-electron chi connectivity index (χ2n) is 10.1. The first-order valence-electron chi connectivity index (χ1n) is 13.2. The summed E-state index contributed by atoms with van der Waals surface area (Å²) in [6.07, 6.45) is 2.21. The van der Waals surface area contributed by atoms with Crippen LogP contribution >= 0.6 is 23.2 Å². The van der Waals surface area contributed by atoms with Gasteiger partial charge in [0.25, 0.3) is 0 Å². The standard InChI is InChI=1S/C31H28Cl2N4O4/c32-24-11-10-20(12-25(24)33)15-35-30(40)23(14-21-16-34-26-9-5-4-8-22(21)26)28(38)17-37-18-29(39)36-27(31(37)41)13-19-6-2-1-3-7-19/h1-12,16,23,27,34H,13-15,17-18H2,(H,35,40)(H,36,39). The van der Waals surface area contributed by atoms with Gasteiger partial charge in [-0.3, -0.25) is 19.2 Å². The quantitative estimate of drug-likeness (QED) is 0.241. The Morgan fingerprint density at radius 3 is 2.49 bits per heavy atom. The van der Waals surface area contributed by atoms with Crippen LogP contribution in [-0.2, 0) is 38.6 Å². The van der Waals surface area contributed by atoms with Crippen LogP contribution in [0.2, 0.25) is 10.0 Å². The second-order valence-corrected chi connectivity index (χ2v) is 10.9. The summed E-state index contributed by atoms with van der Waals surface area (Å²) in [6, 6.07) is 21.2. The molecular weight excluding hydrogens is 563 g/mol. The van der Waals surface area contributed by atoms with E-state index in [4.69, 9.17) is 23.2 Å². The van der Waals surface area contributed by atoms with Crippen molar-refractivity contribution < 1.29 is 19.2 Å². The van der Waals surface area contributed by atoms with E-state index in [9.17, 15) is 19.2 Å². The Labute approximate surface area is 247 Å². The smallest absolute Gasteiger partial charge is 0.246 e. The number of Topliss-reactive ketones (excluding diaryl/α,β-unsaturated/α-hetero) is 1. The molecule has 1 aliphatic rings. The fourth-order valence-corrected chi connectivity index (χ4v) is 5.35. The molecule has 1 fully saturated rings. The van der Waals surface area contributed by atoms with E-state index < -0.39 is 23.7 Å². The molecule has 3 amide bonds. The molecule has 1 aliphatic heterocycles. The van der Waals surface area contributed by atoms with E-state index in [0.717, 1.165) is 27.6 Å². The summed E-state index contributed by atoms with van der Waals surface area (Å²) in [4.78, 5) is 57.4. The molecule has 0 radical (unpaired) electrons. The molecule has 1 saturated heterocycles. The number of carbonyl (C=O) groups excluding carboxylic acids is 4. The summed E-state index contributed by atoms with van der Waals surface area (Å²) in [5.41, 5.74) is 3.29. The van der Waals surface area contributed by atoms with Crippen LogP contribution in [0.15, 0.2) is 79.0 Å². The Hall–Kier alpha value is -4.14. The number of rotatable bonds is 10. The third-order valence-electron chi connectivity index (χ3n) is 7.16. The van der Waals surface area contributed by atoms with Crippen molar-refractivity contribution in [2.24, 2.45) is 5.92 Å². The normalized spacial score (nSPS) is 16.0. The minimum atomic E-state index is -1.10. The van der Waals surface area contributed by atoms with Crippen molar-refractivity contribution in [2.75, 3.05) is 13.1 Å². The molecule has 1 aromatic heterocycles. The molecule has 4 aromatic rings. The van der Waals surface area contributed by atoms with Crippen LogP contribution in [0.4, 0.5) is 0 Å². The maximum Gasteiger partial charge on any atom is 0.246 e. The summed E-state index contributed by atoms with van der Waals surface area (Å²) in [6.45, 7) is -0.469. The van der Waals surface area contributed by atoms with Crippen molar-refractivity contribution in [3.05, 3.63) is 106 Å². The van der Waals surface area contributed by atoms with Crippen LogP contribution in [0.1, 0.15) is 16.7 Å². The van der Waals surface area contributed by atoms with E-state index in [0.29, 0.717) is 16.5 Å². The van der Waals surface area contributed by atoms with Gasteiger partial charge in [-0.2, -0.15) is 0 Å². The van der Waals surface area contributed by atoms with Gasteiger partial charge in [-0.1, -0.05) is 77.8 Å². The molecule has 3 N–H and O–H groups in total. The van der Waals surface area contributed by atoms with Crippen LogP contribution in [0.5, 0.6) is 0 Å². The maximum atomic E-state index is 13.7. The van der Waals surface area contributed by atoms with E-state index in [1.165, 1.54) is 4.90 Å². The number of carbonyl (C=O) groups is 4. The zero-order valence-electron chi connectivity index (χ0n) is 22.0. The zero-order chi connectivity index (χ0) is 28.9. The first kappa shape index (κ1) is 28.4. The lowest BCUT2D eigenvalue weighted by atomic mass is 9.93. The van der Waals surface area contributed by atoms with Crippen LogP contribution in [0.3, 0.4) is 0 Å². The van der Waals surface area contributed by atoms with Crippen molar-refractivity contribution in [1.82, 2.24) is 20.5 Å². The number of H-pyrrole nitrogens is 1. The number of aromatic nitrogens is 1. The van der Waals surface area contributed by atoms with Gasteiger partial charge in [0.15, 0.2) is 5.78 Å². The Bertz CT molecular complexity index is 1600. The van der Waals surface area contributed by atoms with Gasteiger partial charge in [-0.15, -0.1) is 0 Å². The first-order valence-corrected chi connectivity index (χ1v) is 14.0. The maximum absolute atomic E-state index is 13.7. The van der Waals surface area contributed by atoms with Crippen molar-refractivity contribution in [1.29, 1.82) is 0 Å². The Kier molecular flexibility index (Phi) is 8.71. The third kappa shape index (κ3) is 6.78. The predicted octanol–water partition coefficient (Wildman–Crippen LogP) is 4.09. The fraction of sp³-hybridized carbons (Fsp3) is 0.226. The lowest BCUT2D eigenvalue weighted by molar-refractivity contribution is -0.147. The number of aromatic amines is 1. The number of ketones is 1. The molecule has 41 heavy (non-hydrogen) atoms. The minimum Gasteiger partial charge on any atom is -0.361 e. The van der Waals surface area contributed by atoms with Gasteiger partial charge in [-0.25, -0.2) is 0 Å². The minimum absolute atomic E-state index is 0.123. The lowest BCUT2D eigenvalue weighted by Gasteiger charge is -2.33.